The SMILES string of the molecule is CCOC(=O)[C@H]1CCCN(Cc2nnc3n2CCCC3)C1. The third kappa shape index (κ3) is 3.26. The number of aromatic nitrogens is 3. The monoisotopic (exact) mass is 292 g/mol. The summed E-state index contributed by atoms with van der Waals surface area (Å²) in [6.45, 7) is 5.96. The third-order valence-corrected chi connectivity index (χ3v) is 4.43. The molecule has 21 heavy (non-hydrogen) atoms. The average Bonchev–Trinajstić information content (AvgIpc) is 2.91. The van der Waals surface area contributed by atoms with E-state index in [1.54, 1.807) is 0 Å². The van der Waals surface area contributed by atoms with Gasteiger partial charge >= 0.3 is 5.97 Å². The van der Waals surface area contributed by atoms with E-state index in [0.29, 0.717) is 6.61 Å². The Morgan fingerprint density at radius 3 is 3.05 bits per heavy atom. The lowest BCUT2D eigenvalue weighted by atomic mass is 9.98. The van der Waals surface area contributed by atoms with Crippen molar-refractivity contribution in [3.05, 3.63) is 11.6 Å². The highest BCUT2D eigenvalue weighted by molar-refractivity contribution is 5.72. The van der Waals surface area contributed by atoms with Gasteiger partial charge in [0, 0.05) is 19.5 Å². The van der Waals surface area contributed by atoms with Crippen molar-refractivity contribution in [3.63, 3.8) is 0 Å². The molecule has 1 fully saturated rings. The van der Waals surface area contributed by atoms with Crippen molar-refractivity contribution in [2.75, 3.05) is 19.7 Å². The first-order chi connectivity index (χ1) is 10.3. The molecule has 1 atom stereocenters. The fourth-order valence-electron chi connectivity index (χ4n) is 3.34. The predicted octanol–water partition coefficient (Wildman–Crippen LogP) is 1.39. The number of hydrogen-bond donors (Lipinski definition) is 0. The topological polar surface area (TPSA) is 60.2 Å². The van der Waals surface area contributed by atoms with Crippen LogP contribution in [0.4, 0.5) is 0 Å². The molecule has 1 aromatic heterocycles. The number of ether oxygens (including phenoxy) is 1. The summed E-state index contributed by atoms with van der Waals surface area (Å²) in [5.41, 5.74) is 0. The van der Waals surface area contributed by atoms with E-state index in [-0.39, 0.29) is 11.9 Å². The zero-order valence-electron chi connectivity index (χ0n) is 12.8. The van der Waals surface area contributed by atoms with Crippen molar-refractivity contribution < 1.29 is 9.53 Å². The fraction of sp³-hybridized carbons (Fsp3) is 0.800. The maximum absolute atomic E-state index is 11.9. The first kappa shape index (κ1) is 14.5. The van der Waals surface area contributed by atoms with Gasteiger partial charge in [-0.1, -0.05) is 0 Å². The number of esters is 1. The van der Waals surface area contributed by atoms with E-state index >= 15 is 0 Å². The Kier molecular flexibility index (Phi) is 4.53. The summed E-state index contributed by atoms with van der Waals surface area (Å²) in [6, 6.07) is 0. The lowest BCUT2D eigenvalue weighted by Crippen LogP contribution is -2.39. The second-order valence-corrected chi connectivity index (χ2v) is 5.97. The molecule has 3 rings (SSSR count). The van der Waals surface area contributed by atoms with Crippen LogP contribution >= 0.6 is 0 Å². The van der Waals surface area contributed by atoms with Gasteiger partial charge in [0.25, 0.3) is 0 Å². The molecule has 3 heterocycles. The highest BCUT2D eigenvalue weighted by atomic mass is 16.5. The molecule has 6 nitrogen and oxygen atoms in total. The van der Waals surface area contributed by atoms with Gasteiger partial charge in [-0.05, 0) is 39.2 Å². The molecular weight excluding hydrogens is 268 g/mol. The molecule has 2 aliphatic rings. The van der Waals surface area contributed by atoms with Crippen LogP contribution in [0.1, 0.15) is 44.3 Å². The third-order valence-electron chi connectivity index (χ3n) is 4.43. The van der Waals surface area contributed by atoms with Gasteiger partial charge in [-0.3, -0.25) is 9.69 Å². The molecule has 0 amide bonds. The summed E-state index contributed by atoms with van der Waals surface area (Å²) >= 11 is 0. The minimum atomic E-state index is -0.0505. The Bertz CT molecular complexity index is 500. The molecule has 0 aromatic carbocycles. The van der Waals surface area contributed by atoms with Crippen molar-refractivity contribution in [2.24, 2.45) is 5.92 Å². The number of nitrogens with zero attached hydrogens (tertiary/aromatic N) is 4. The molecule has 0 radical (unpaired) electrons. The second kappa shape index (κ2) is 6.56. The normalized spacial score (nSPS) is 22.8. The van der Waals surface area contributed by atoms with E-state index in [2.05, 4.69) is 19.7 Å². The summed E-state index contributed by atoms with van der Waals surface area (Å²) in [6.07, 6.45) is 5.45. The molecule has 6 heteroatoms. The molecular formula is C15H24N4O2. The Hall–Kier alpha value is -1.43. The Morgan fingerprint density at radius 1 is 1.29 bits per heavy atom. The number of likely N-dealkylation sites (tertiary alicyclic amines) is 1. The number of hydrogen-bond acceptors (Lipinski definition) is 5. The largest absolute Gasteiger partial charge is 0.466 e. The average molecular weight is 292 g/mol. The van der Waals surface area contributed by atoms with E-state index in [0.717, 1.165) is 57.1 Å². The van der Waals surface area contributed by atoms with Gasteiger partial charge in [0.2, 0.25) is 0 Å². The standard InChI is InChI=1S/C15H24N4O2/c1-2-21-15(20)12-6-5-8-18(10-12)11-14-17-16-13-7-3-4-9-19(13)14/h12H,2-11H2,1H3/t12-/m0/s1. The lowest BCUT2D eigenvalue weighted by Gasteiger charge is -2.31. The van der Waals surface area contributed by atoms with Gasteiger partial charge in [-0.25, -0.2) is 0 Å². The van der Waals surface area contributed by atoms with Gasteiger partial charge in [-0.2, -0.15) is 0 Å². The van der Waals surface area contributed by atoms with Crippen LogP contribution in [0.15, 0.2) is 0 Å². The van der Waals surface area contributed by atoms with E-state index in [1.807, 2.05) is 6.92 Å². The molecule has 116 valence electrons. The van der Waals surface area contributed by atoms with Crippen LogP contribution in [0, 0.1) is 5.92 Å². The van der Waals surface area contributed by atoms with E-state index in [9.17, 15) is 4.79 Å². The van der Waals surface area contributed by atoms with Crippen LogP contribution in [-0.4, -0.2) is 45.3 Å². The number of aryl methyl sites for hydroxylation is 1. The predicted molar refractivity (Wildman–Crippen MR) is 77.6 cm³/mol. The Balaban J connectivity index is 1.62. The number of carbonyl (C=O) groups is 1. The first-order valence-corrected chi connectivity index (χ1v) is 8.08. The molecule has 0 bridgehead atoms. The van der Waals surface area contributed by atoms with Gasteiger partial charge in [-0.15, -0.1) is 10.2 Å². The minimum Gasteiger partial charge on any atom is -0.466 e. The number of carbonyl (C=O) groups excluding carboxylic acids is 1. The second-order valence-electron chi connectivity index (χ2n) is 5.97. The highest BCUT2D eigenvalue weighted by Gasteiger charge is 2.28. The molecule has 2 aliphatic heterocycles. The quantitative estimate of drug-likeness (QED) is 0.785. The van der Waals surface area contributed by atoms with Gasteiger partial charge < -0.3 is 9.30 Å². The van der Waals surface area contributed by atoms with Crippen molar-refractivity contribution in [2.45, 2.75) is 52.1 Å². The summed E-state index contributed by atoms with van der Waals surface area (Å²) in [5, 5.41) is 8.65. The summed E-state index contributed by atoms with van der Waals surface area (Å²) in [7, 11) is 0. The van der Waals surface area contributed by atoms with Crippen molar-refractivity contribution >= 4 is 5.97 Å². The Morgan fingerprint density at radius 2 is 2.19 bits per heavy atom. The smallest absolute Gasteiger partial charge is 0.310 e. The molecule has 0 spiro atoms. The van der Waals surface area contributed by atoms with Crippen LogP contribution in [0.2, 0.25) is 0 Å². The molecule has 1 aromatic rings. The van der Waals surface area contributed by atoms with E-state index < -0.39 is 0 Å². The van der Waals surface area contributed by atoms with Gasteiger partial charge in [0.1, 0.15) is 11.6 Å². The van der Waals surface area contributed by atoms with E-state index in [4.69, 9.17) is 4.74 Å². The van der Waals surface area contributed by atoms with Crippen molar-refractivity contribution in [1.29, 1.82) is 0 Å². The number of fused-ring (bicyclic) bond motifs is 1. The minimum absolute atomic E-state index is 0.0162. The summed E-state index contributed by atoms with van der Waals surface area (Å²) in [4.78, 5) is 14.2. The molecule has 0 saturated carbocycles. The van der Waals surface area contributed by atoms with Crippen molar-refractivity contribution in [1.82, 2.24) is 19.7 Å². The van der Waals surface area contributed by atoms with E-state index in [1.165, 1.54) is 12.8 Å². The molecule has 1 saturated heterocycles. The summed E-state index contributed by atoms with van der Waals surface area (Å²) in [5.74, 6) is 2.14. The van der Waals surface area contributed by atoms with Gasteiger partial charge in [0.05, 0.1) is 19.1 Å². The Labute approximate surface area is 125 Å². The van der Waals surface area contributed by atoms with Crippen LogP contribution in [-0.2, 0) is 29.0 Å². The summed E-state index contributed by atoms with van der Waals surface area (Å²) < 4.78 is 7.42. The highest BCUT2D eigenvalue weighted by Crippen LogP contribution is 2.21. The van der Waals surface area contributed by atoms with Crippen LogP contribution in [0.25, 0.3) is 0 Å². The number of piperidine rings is 1. The zero-order valence-corrected chi connectivity index (χ0v) is 12.8. The first-order valence-electron chi connectivity index (χ1n) is 8.08. The van der Waals surface area contributed by atoms with Crippen LogP contribution < -0.4 is 0 Å². The maximum Gasteiger partial charge on any atom is 0.310 e. The molecule has 0 N–H and O–H groups in total. The maximum atomic E-state index is 11.9. The number of rotatable bonds is 4. The van der Waals surface area contributed by atoms with Crippen LogP contribution in [0.3, 0.4) is 0 Å². The molecule has 0 unspecified atom stereocenters. The van der Waals surface area contributed by atoms with Crippen LogP contribution in [0.5, 0.6) is 0 Å². The van der Waals surface area contributed by atoms with Crippen molar-refractivity contribution in [3.8, 4) is 0 Å². The zero-order chi connectivity index (χ0) is 14.7. The fourth-order valence-corrected chi connectivity index (χ4v) is 3.34. The van der Waals surface area contributed by atoms with Gasteiger partial charge in [0.15, 0.2) is 0 Å². The molecule has 0 aliphatic carbocycles. The lowest BCUT2D eigenvalue weighted by molar-refractivity contribution is -0.150.